The summed E-state index contributed by atoms with van der Waals surface area (Å²) in [7, 11) is 0. The number of fused-ring (bicyclic) bond motifs is 1. The van der Waals surface area contributed by atoms with E-state index < -0.39 is 0 Å². The molecule has 9 heavy (non-hydrogen) atoms. The van der Waals surface area contributed by atoms with Crippen LogP contribution in [0.4, 0.5) is 0 Å². The molecule has 2 heterocycles. The van der Waals surface area contributed by atoms with Gasteiger partial charge in [0.1, 0.15) is 0 Å². The predicted octanol–water partition coefficient (Wildman–Crippen LogP) is -0.0923. The van der Waals surface area contributed by atoms with Crippen molar-refractivity contribution in [3.05, 3.63) is 0 Å². The Bertz CT molecular complexity index is 187. The highest BCUT2D eigenvalue weighted by atomic mass is 16.2. The smallest absolute Gasteiger partial charge is 0.231 e. The molecule has 1 atom stereocenters. The van der Waals surface area contributed by atoms with Crippen LogP contribution < -0.4 is 0 Å². The van der Waals surface area contributed by atoms with Crippen molar-refractivity contribution in [1.82, 2.24) is 4.90 Å². The van der Waals surface area contributed by atoms with Crippen molar-refractivity contribution in [2.45, 2.75) is 25.3 Å². The van der Waals surface area contributed by atoms with E-state index in [1.807, 2.05) is 0 Å². The quantitative estimate of drug-likeness (QED) is 0.335. The molecule has 3 heteroatoms. The molecule has 0 radical (unpaired) electrons. The molecule has 2 aliphatic rings. The summed E-state index contributed by atoms with van der Waals surface area (Å²) in [5.74, 6) is 0.0405. The van der Waals surface area contributed by atoms with Crippen molar-refractivity contribution in [2.75, 3.05) is 0 Å². The highest BCUT2D eigenvalue weighted by Gasteiger charge is 2.44. The third-order valence-corrected chi connectivity index (χ3v) is 2.00. The van der Waals surface area contributed by atoms with Crippen molar-refractivity contribution in [3.8, 4) is 0 Å². The normalized spacial score (nSPS) is 32.4. The predicted molar refractivity (Wildman–Crippen MR) is 29.5 cm³/mol. The number of hydrogen-bond donors (Lipinski definition) is 0. The third kappa shape index (κ3) is 0.465. The van der Waals surface area contributed by atoms with E-state index in [2.05, 4.69) is 0 Å². The van der Waals surface area contributed by atoms with Crippen molar-refractivity contribution < 1.29 is 9.59 Å². The molecule has 0 N–H and O–H groups in total. The molecule has 0 saturated carbocycles. The maximum atomic E-state index is 10.8. The summed E-state index contributed by atoms with van der Waals surface area (Å²) in [6, 6.07) is 0.282. The molecular weight excluding hydrogens is 118 g/mol. The van der Waals surface area contributed by atoms with Crippen LogP contribution in [0.2, 0.25) is 0 Å². The van der Waals surface area contributed by atoms with Crippen LogP contribution in [0.1, 0.15) is 19.3 Å². The maximum Gasteiger partial charge on any atom is 0.231 e. The van der Waals surface area contributed by atoms with Crippen LogP contribution >= 0.6 is 0 Å². The summed E-state index contributed by atoms with van der Waals surface area (Å²) >= 11 is 0. The van der Waals surface area contributed by atoms with Crippen molar-refractivity contribution in [2.24, 2.45) is 0 Å². The first-order valence-electron chi connectivity index (χ1n) is 3.14. The zero-order valence-corrected chi connectivity index (χ0v) is 4.96. The van der Waals surface area contributed by atoms with E-state index in [1.165, 1.54) is 4.90 Å². The lowest BCUT2D eigenvalue weighted by molar-refractivity contribution is -0.152. The van der Waals surface area contributed by atoms with E-state index in [0.717, 1.165) is 6.42 Å². The Labute approximate surface area is 52.6 Å². The summed E-state index contributed by atoms with van der Waals surface area (Å²) in [5, 5.41) is 0. The average molecular weight is 125 g/mol. The van der Waals surface area contributed by atoms with Crippen LogP contribution in [0.3, 0.4) is 0 Å². The van der Waals surface area contributed by atoms with Gasteiger partial charge in [-0.25, -0.2) is 0 Å². The molecule has 2 fully saturated rings. The average Bonchev–Trinajstić information content (AvgIpc) is 2.04. The van der Waals surface area contributed by atoms with Gasteiger partial charge in [-0.05, 0) is 6.42 Å². The molecule has 48 valence electrons. The summed E-state index contributed by atoms with van der Waals surface area (Å²) < 4.78 is 0. The van der Waals surface area contributed by atoms with Crippen LogP contribution in [0.15, 0.2) is 0 Å². The highest BCUT2D eigenvalue weighted by Crippen LogP contribution is 2.30. The van der Waals surface area contributed by atoms with Crippen molar-refractivity contribution in [3.63, 3.8) is 0 Å². The standard InChI is InChI=1S/C6H7NO2/c8-5-2-1-4-3-6(9)7(4)5/h4H,1-3H2/t4-/m1/s1. The first-order valence-corrected chi connectivity index (χ1v) is 3.14. The van der Waals surface area contributed by atoms with E-state index in [0.29, 0.717) is 12.8 Å². The second kappa shape index (κ2) is 1.35. The number of hydrogen-bond acceptors (Lipinski definition) is 2. The van der Waals surface area contributed by atoms with E-state index in [-0.39, 0.29) is 17.9 Å². The second-order valence-corrected chi connectivity index (χ2v) is 2.55. The fourth-order valence-corrected chi connectivity index (χ4v) is 1.47. The Hall–Kier alpha value is -0.860. The number of imide groups is 1. The fourth-order valence-electron chi connectivity index (χ4n) is 1.47. The molecule has 0 spiro atoms. The second-order valence-electron chi connectivity index (χ2n) is 2.55. The van der Waals surface area contributed by atoms with Gasteiger partial charge in [-0.15, -0.1) is 0 Å². The summed E-state index contributed by atoms with van der Waals surface area (Å²) in [5.41, 5.74) is 0. The SMILES string of the molecule is O=C1CC[C@@H]2CC(=O)N12. The van der Waals surface area contributed by atoms with Crippen LogP contribution in [-0.2, 0) is 9.59 Å². The molecule has 2 saturated heterocycles. The Morgan fingerprint density at radius 3 is 2.56 bits per heavy atom. The zero-order valence-electron chi connectivity index (χ0n) is 4.96. The molecule has 2 rings (SSSR count). The Balaban J connectivity index is 2.23. The molecule has 0 aliphatic carbocycles. The van der Waals surface area contributed by atoms with E-state index in [9.17, 15) is 9.59 Å². The van der Waals surface area contributed by atoms with Crippen LogP contribution in [0, 0.1) is 0 Å². The number of amides is 2. The number of nitrogens with zero attached hydrogens (tertiary/aromatic N) is 1. The summed E-state index contributed by atoms with van der Waals surface area (Å²) in [4.78, 5) is 22.8. The van der Waals surface area contributed by atoms with Crippen molar-refractivity contribution in [1.29, 1.82) is 0 Å². The van der Waals surface area contributed by atoms with E-state index >= 15 is 0 Å². The molecule has 2 amide bonds. The van der Waals surface area contributed by atoms with Gasteiger partial charge in [-0.3, -0.25) is 14.5 Å². The van der Waals surface area contributed by atoms with Gasteiger partial charge < -0.3 is 0 Å². The van der Waals surface area contributed by atoms with Gasteiger partial charge in [0.2, 0.25) is 11.8 Å². The molecule has 0 aromatic rings. The minimum Gasteiger partial charge on any atom is -0.279 e. The largest absolute Gasteiger partial charge is 0.279 e. The van der Waals surface area contributed by atoms with Gasteiger partial charge in [0.25, 0.3) is 0 Å². The molecular formula is C6H7NO2. The molecule has 0 aromatic carbocycles. The van der Waals surface area contributed by atoms with Gasteiger partial charge in [0.05, 0.1) is 0 Å². The lowest BCUT2D eigenvalue weighted by Crippen LogP contribution is -2.50. The molecule has 2 aliphatic heterocycles. The maximum absolute atomic E-state index is 10.8. The van der Waals surface area contributed by atoms with Crippen LogP contribution in [-0.4, -0.2) is 22.8 Å². The lowest BCUT2D eigenvalue weighted by Gasteiger charge is -2.31. The molecule has 3 nitrogen and oxygen atoms in total. The first-order chi connectivity index (χ1) is 4.29. The molecule has 0 unspecified atom stereocenters. The Morgan fingerprint density at radius 2 is 2.11 bits per heavy atom. The van der Waals surface area contributed by atoms with Gasteiger partial charge in [-0.1, -0.05) is 0 Å². The zero-order chi connectivity index (χ0) is 6.43. The molecule has 0 aromatic heterocycles. The third-order valence-electron chi connectivity index (χ3n) is 2.00. The van der Waals surface area contributed by atoms with Gasteiger partial charge in [0.15, 0.2) is 0 Å². The van der Waals surface area contributed by atoms with Crippen molar-refractivity contribution >= 4 is 11.8 Å². The fraction of sp³-hybridized carbons (Fsp3) is 0.667. The van der Waals surface area contributed by atoms with E-state index in [1.54, 1.807) is 0 Å². The summed E-state index contributed by atoms with van der Waals surface area (Å²) in [6.45, 7) is 0. The highest BCUT2D eigenvalue weighted by molar-refractivity contribution is 6.02. The number of β-lactam (4-membered cyclic amide) rings is 1. The Kier molecular flexibility index (Phi) is 0.743. The van der Waals surface area contributed by atoms with Crippen LogP contribution in [0.25, 0.3) is 0 Å². The number of carbonyl (C=O) groups is 2. The lowest BCUT2D eigenvalue weighted by atomic mass is 10.0. The minimum atomic E-state index is 0.0162. The van der Waals surface area contributed by atoms with E-state index in [4.69, 9.17) is 0 Å². The summed E-state index contributed by atoms with van der Waals surface area (Å²) in [6.07, 6.45) is 2.08. The van der Waals surface area contributed by atoms with Gasteiger partial charge >= 0.3 is 0 Å². The van der Waals surface area contributed by atoms with Crippen LogP contribution in [0.5, 0.6) is 0 Å². The number of rotatable bonds is 0. The first kappa shape index (κ1) is 4.97. The Morgan fingerprint density at radius 1 is 1.33 bits per heavy atom. The van der Waals surface area contributed by atoms with Gasteiger partial charge in [-0.2, -0.15) is 0 Å². The minimum absolute atomic E-state index is 0.0162. The number of carbonyl (C=O) groups excluding carboxylic acids is 2. The molecule has 0 bridgehead atoms. The van der Waals surface area contributed by atoms with Gasteiger partial charge in [0, 0.05) is 18.9 Å². The monoisotopic (exact) mass is 125 g/mol. The topological polar surface area (TPSA) is 37.4 Å².